The number of carbonyl (C=O) groups is 1. The number of nitrogens with two attached hydrogens (primary N) is 1. The number of benzene rings is 1. The average molecular weight is 414 g/mol. The molecule has 0 unspecified atom stereocenters. The van der Waals surface area contributed by atoms with Gasteiger partial charge < -0.3 is 20.8 Å². The number of aromatic nitrogens is 3. The summed E-state index contributed by atoms with van der Waals surface area (Å²) in [6.45, 7) is 0. The van der Waals surface area contributed by atoms with Gasteiger partial charge in [-0.15, -0.1) is 0 Å². The van der Waals surface area contributed by atoms with Crippen molar-refractivity contribution in [3.8, 4) is 11.4 Å². The Balaban J connectivity index is 1.55. The molecule has 7 nitrogen and oxygen atoms in total. The largest absolute Gasteiger partial charge is 0.444 e. The van der Waals surface area contributed by atoms with Crippen LogP contribution in [0.1, 0.15) is 6.42 Å². The average Bonchev–Trinajstić information content (AvgIpc) is 3.39. The molecule has 2 aliphatic carbocycles. The summed E-state index contributed by atoms with van der Waals surface area (Å²) in [4.78, 5) is 23.1. The van der Waals surface area contributed by atoms with E-state index in [1.807, 2.05) is 6.08 Å². The van der Waals surface area contributed by atoms with Crippen LogP contribution in [0.25, 0.3) is 22.6 Å². The van der Waals surface area contributed by atoms with Gasteiger partial charge in [0.05, 0.1) is 28.5 Å². The van der Waals surface area contributed by atoms with E-state index in [-0.39, 0.29) is 23.7 Å². The van der Waals surface area contributed by atoms with E-state index in [2.05, 4.69) is 26.3 Å². The van der Waals surface area contributed by atoms with E-state index in [1.165, 1.54) is 12.3 Å². The highest BCUT2D eigenvalue weighted by molar-refractivity contribution is 6.34. The highest BCUT2D eigenvalue weighted by atomic mass is 35.5. The second-order valence-electron chi connectivity index (χ2n) is 7.26. The van der Waals surface area contributed by atoms with Crippen molar-refractivity contribution in [3.05, 3.63) is 53.5 Å². The summed E-state index contributed by atoms with van der Waals surface area (Å²) in [7, 11) is 0. The number of nitrogens with zero attached hydrogens (tertiary/aromatic N) is 2. The molecule has 1 amide bonds. The predicted molar refractivity (Wildman–Crippen MR) is 107 cm³/mol. The van der Waals surface area contributed by atoms with Crippen molar-refractivity contribution in [3.63, 3.8) is 0 Å². The third-order valence-electron chi connectivity index (χ3n) is 5.55. The van der Waals surface area contributed by atoms with Crippen LogP contribution in [0.3, 0.4) is 0 Å². The lowest BCUT2D eigenvalue weighted by Gasteiger charge is -2.29. The molecule has 1 aromatic carbocycles. The quantitative estimate of drug-likeness (QED) is 0.563. The smallest absolute Gasteiger partial charge is 0.404 e. The molecular formula is C20H17ClFN5O2. The number of hydrogen-bond donors (Lipinski definition) is 3. The van der Waals surface area contributed by atoms with Gasteiger partial charge in [0.2, 0.25) is 0 Å². The Morgan fingerprint density at radius 3 is 2.90 bits per heavy atom. The molecule has 2 aromatic heterocycles. The molecule has 0 radical (unpaired) electrons. The zero-order valence-electron chi connectivity index (χ0n) is 15.1. The number of fused-ring (bicyclic) bond motifs is 3. The van der Waals surface area contributed by atoms with Gasteiger partial charge in [0.25, 0.3) is 0 Å². The highest BCUT2D eigenvalue weighted by Gasteiger charge is 2.47. The van der Waals surface area contributed by atoms with E-state index < -0.39 is 12.2 Å². The SMILES string of the molecule is NC(=O)O[C@@H]1[C@H](Nc2c(Cl)cnc3nc(-c4ccccc4F)[nH]c23)[C@H]2C=C[C@@H]1C2. The van der Waals surface area contributed by atoms with Crippen molar-refractivity contribution in [1.29, 1.82) is 0 Å². The normalized spacial score (nSPS) is 24.9. The molecule has 5 rings (SSSR count). The van der Waals surface area contributed by atoms with Gasteiger partial charge in [0.15, 0.2) is 5.65 Å². The van der Waals surface area contributed by atoms with Crippen LogP contribution in [0.15, 0.2) is 42.6 Å². The number of imidazole rings is 1. The molecule has 0 spiro atoms. The zero-order chi connectivity index (χ0) is 20.1. The van der Waals surface area contributed by atoms with Crippen LogP contribution in [0, 0.1) is 17.7 Å². The number of pyridine rings is 1. The maximum atomic E-state index is 14.2. The first kappa shape index (κ1) is 17.9. The first-order chi connectivity index (χ1) is 14.0. The number of aromatic amines is 1. The van der Waals surface area contributed by atoms with Crippen LogP contribution >= 0.6 is 11.6 Å². The van der Waals surface area contributed by atoms with Gasteiger partial charge in [-0.25, -0.2) is 19.2 Å². The molecule has 4 atom stereocenters. The second kappa shape index (κ2) is 6.73. The molecule has 9 heteroatoms. The number of nitrogens with one attached hydrogen (secondary N) is 2. The molecule has 0 aliphatic heterocycles. The predicted octanol–water partition coefficient (Wildman–Crippen LogP) is 3.87. The molecule has 2 heterocycles. The standard InChI is InChI=1S/C20H17ClFN5O2/c21-12-8-24-19-16(26-18(27-19)11-3-1-2-4-13(11)22)15(12)25-14-9-5-6-10(7-9)17(14)29-20(23)28/h1-6,8-10,14,17H,7H2,(H2,23,28)(H2,24,25,26,27)/t9-,10+,14+,17-/m0/s1. The first-order valence-electron chi connectivity index (χ1n) is 9.21. The van der Waals surface area contributed by atoms with Crippen LogP contribution in [-0.4, -0.2) is 33.2 Å². The minimum absolute atomic E-state index is 0.108. The molecule has 4 N–H and O–H groups in total. The molecular weight excluding hydrogens is 397 g/mol. The molecule has 29 heavy (non-hydrogen) atoms. The number of hydrogen-bond acceptors (Lipinski definition) is 5. The van der Waals surface area contributed by atoms with E-state index in [0.717, 1.165) is 6.42 Å². The summed E-state index contributed by atoms with van der Waals surface area (Å²) < 4.78 is 19.6. The summed E-state index contributed by atoms with van der Waals surface area (Å²) in [6.07, 6.45) is 5.31. The van der Waals surface area contributed by atoms with Gasteiger partial charge in [0.1, 0.15) is 23.3 Å². The number of rotatable bonds is 4. The summed E-state index contributed by atoms with van der Waals surface area (Å²) in [6, 6.07) is 6.17. The number of ether oxygens (including phenoxy) is 1. The van der Waals surface area contributed by atoms with Gasteiger partial charge >= 0.3 is 6.09 Å². The molecule has 2 aliphatic rings. The van der Waals surface area contributed by atoms with Gasteiger partial charge in [0, 0.05) is 11.8 Å². The highest BCUT2D eigenvalue weighted by Crippen LogP contribution is 2.44. The lowest BCUT2D eigenvalue weighted by Crippen LogP contribution is -2.41. The molecule has 0 saturated heterocycles. The van der Waals surface area contributed by atoms with Crippen molar-refractivity contribution in [2.75, 3.05) is 5.32 Å². The van der Waals surface area contributed by atoms with Crippen molar-refractivity contribution < 1.29 is 13.9 Å². The Morgan fingerprint density at radius 1 is 1.31 bits per heavy atom. The van der Waals surface area contributed by atoms with E-state index in [0.29, 0.717) is 33.3 Å². The van der Waals surface area contributed by atoms with Gasteiger partial charge in [-0.1, -0.05) is 35.9 Å². The molecule has 1 fully saturated rings. The summed E-state index contributed by atoms with van der Waals surface area (Å²) in [5, 5.41) is 3.78. The lowest BCUT2D eigenvalue weighted by molar-refractivity contribution is 0.0854. The van der Waals surface area contributed by atoms with E-state index >= 15 is 0 Å². The van der Waals surface area contributed by atoms with Crippen molar-refractivity contribution in [2.24, 2.45) is 17.6 Å². The molecule has 3 aromatic rings. The molecule has 1 saturated carbocycles. The second-order valence-corrected chi connectivity index (χ2v) is 7.67. The number of carbonyl (C=O) groups excluding carboxylic acids is 1. The van der Waals surface area contributed by atoms with Crippen LogP contribution < -0.4 is 11.1 Å². The minimum Gasteiger partial charge on any atom is -0.444 e. The fourth-order valence-electron chi connectivity index (χ4n) is 4.28. The van der Waals surface area contributed by atoms with Crippen molar-refractivity contribution in [2.45, 2.75) is 18.6 Å². The maximum absolute atomic E-state index is 14.2. The van der Waals surface area contributed by atoms with Crippen LogP contribution in [0.2, 0.25) is 5.02 Å². The Morgan fingerprint density at radius 2 is 2.10 bits per heavy atom. The van der Waals surface area contributed by atoms with Crippen molar-refractivity contribution in [1.82, 2.24) is 15.0 Å². The number of halogens is 2. The van der Waals surface area contributed by atoms with Gasteiger partial charge in [-0.2, -0.15) is 0 Å². The Hall–Kier alpha value is -3.13. The van der Waals surface area contributed by atoms with Crippen LogP contribution in [-0.2, 0) is 4.74 Å². The maximum Gasteiger partial charge on any atom is 0.404 e. The monoisotopic (exact) mass is 413 g/mol. The number of primary amides is 1. The van der Waals surface area contributed by atoms with E-state index in [1.54, 1.807) is 18.2 Å². The van der Waals surface area contributed by atoms with Crippen molar-refractivity contribution >= 4 is 34.5 Å². The van der Waals surface area contributed by atoms with E-state index in [9.17, 15) is 9.18 Å². The fourth-order valence-corrected chi connectivity index (χ4v) is 4.48. The summed E-state index contributed by atoms with van der Waals surface area (Å²) in [5.41, 5.74) is 7.14. The number of amides is 1. The minimum atomic E-state index is -0.808. The Labute approximate surface area is 170 Å². The molecule has 148 valence electrons. The van der Waals surface area contributed by atoms with Gasteiger partial charge in [-0.05, 0) is 18.6 Å². The Bertz CT molecular complexity index is 1150. The zero-order valence-corrected chi connectivity index (χ0v) is 15.9. The third kappa shape index (κ3) is 3.00. The molecule has 2 bridgehead atoms. The first-order valence-corrected chi connectivity index (χ1v) is 9.59. The van der Waals surface area contributed by atoms with Crippen LogP contribution in [0.4, 0.5) is 14.9 Å². The third-order valence-corrected chi connectivity index (χ3v) is 5.84. The topological polar surface area (TPSA) is 106 Å². The Kier molecular flexibility index (Phi) is 4.16. The summed E-state index contributed by atoms with van der Waals surface area (Å²) >= 11 is 6.43. The van der Waals surface area contributed by atoms with Crippen LogP contribution in [0.5, 0.6) is 0 Å². The number of anilines is 1. The number of H-pyrrole nitrogens is 1. The van der Waals surface area contributed by atoms with Gasteiger partial charge in [-0.3, -0.25) is 0 Å². The summed E-state index contributed by atoms with van der Waals surface area (Å²) in [5.74, 6) is 0.253. The fraction of sp³-hybridized carbons (Fsp3) is 0.250. The van der Waals surface area contributed by atoms with E-state index in [4.69, 9.17) is 22.1 Å². The lowest BCUT2D eigenvalue weighted by atomic mass is 9.98.